The van der Waals surface area contributed by atoms with Gasteiger partial charge in [-0.2, -0.15) is 0 Å². The molecule has 0 amide bonds. The highest BCUT2D eigenvalue weighted by atomic mass is 35.5. The van der Waals surface area contributed by atoms with Gasteiger partial charge in [0.1, 0.15) is 11.6 Å². The summed E-state index contributed by atoms with van der Waals surface area (Å²) >= 11 is 5.58. The average Bonchev–Trinajstić information content (AvgIpc) is 2.33. The van der Waals surface area contributed by atoms with Gasteiger partial charge >= 0.3 is 5.97 Å². The van der Waals surface area contributed by atoms with E-state index in [1.165, 1.54) is 21.0 Å². The first-order valence-corrected chi connectivity index (χ1v) is 5.58. The highest BCUT2D eigenvalue weighted by Crippen LogP contribution is 2.36. The molecule has 0 spiro atoms. The predicted molar refractivity (Wildman–Crippen MR) is 71.3 cm³/mol. The smallest absolute Gasteiger partial charge is 0.313 e. The standard InChI is InChI=1S/C12H14ClF2NO2.ClH/c1-12(2,11(17)18-3)10(16)8-7(14)5-4-6(13)9(8)15;/h4-5,10H,16H2,1-3H3;1H/t10-;/m1./s1. The molecule has 19 heavy (non-hydrogen) atoms. The lowest BCUT2D eigenvalue weighted by molar-refractivity contribution is -0.152. The van der Waals surface area contributed by atoms with Crippen molar-refractivity contribution >= 4 is 30.0 Å². The molecule has 1 rings (SSSR count). The van der Waals surface area contributed by atoms with Gasteiger partial charge in [-0.25, -0.2) is 8.78 Å². The maximum Gasteiger partial charge on any atom is 0.313 e. The number of rotatable bonds is 3. The van der Waals surface area contributed by atoms with Crippen LogP contribution in [0.2, 0.25) is 5.02 Å². The van der Waals surface area contributed by atoms with E-state index in [1.54, 1.807) is 0 Å². The van der Waals surface area contributed by atoms with Crippen LogP contribution < -0.4 is 5.73 Å². The Labute approximate surface area is 121 Å². The fourth-order valence-corrected chi connectivity index (χ4v) is 1.74. The van der Waals surface area contributed by atoms with Crippen LogP contribution in [-0.4, -0.2) is 13.1 Å². The molecule has 0 aliphatic carbocycles. The van der Waals surface area contributed by atoms with E-state index in [-0.39, 0.29) is 17.4 Å². The molecule has 0 aliphatic heterocycles. The van der Waals surface area contributed by atoms with Crippen molar-refractivity contribution in [3.05, 3.63) is 34.4 Å². The summed E-state index contributed by atoms with van der Waals surface area (Å²) in [5.41, 5.74) is 4.09. The van der Waals surface area contributed by atoms with Gasteiger partial charge in [-0.05, 0) is 26.0 Å². The van der Waals surface area contributed by atoms with E-state index in [0.717, 1.165) is 12.1 Å². The zero-order valence-corrected chi connectivity index (χ0v) is 12.2. The molecule has 0 bridgehead atoms. The number of carbonyl (C=O) groups is 1. The number of esters is 1. The van der Waals surface area contributed by atoms with E-state index in [0.29, 0.717) is 0 Å². The predicted octanol–water partition coefficient (Wildman–Crippen LogP) is 3.24. The number of nitrogens with two attached hydrogens (primary N) is 1. The molecule has 0 unspecified atom stereocenters. The Morgan fingerprint density at radius 2 is 1.95 bits per heavy atom. The number of halogens is 4. The summed E-state index contributed by atoms with van der Waals surface area (Å²) < 4.78 is 32.0. The Morgan fingerprint density at radius 1 is 1.42 bits per heavy atom. The van der Waals surface area contributed by atoms with Gasteiger partial charge in [-0.15, -0.1) is 12.4 Å². The Kier molecular flexibility index (Phi) is 6.19. The highest BCUT2D eigenvalue weighted by molar-refractivity contribution is 6.30. The zero-order chi connectivity index (χ0) is 14.1. The minimum absolute atomic E-state index is 0. The first-order chi connectivity index (χ1) is 8.23. The fourth-order valence-electron chi connectivity index (χ4n) is 1.58. The van der Waals surface area contributed by atoms with Crippen LogP contribution >= 0.6 is 24.0 Å². The maximum atomic E-state index is 13.8. The maximum absolute atomic E-state index is 13.8. The number of carbonyl (C=O) groups excluding carboxylic acids is 1. The van der Waals surface area contributed by atoms with Gasteiger partial charge in [-0.1, -0.05) is 11.6 Å². The molecule has 0 saturated heterocycles. The summed E-state index contributed by atoms with van der Waals surface area (Å²) in [7, 11) is 1.18. The van der Waals surface area contributed by atoms with Gasteiger partial charge in [0.05, 0.1) is 23.6 Å². The Hall–Kier alpha value is -0.910. The number of methoxy groups -OCH3 is 1. The largest absolute Gasteiger partial charge is 0.469 e. The van der Waals surface area contributed by atoms with Crippen molar-refractivity contribution in [1.29, 1.82) is 0 Å². The second-order valence-electron chi connectivity index (χ2n) is 4.45. The summed E-state index contributed by atoms with van der Waals surface area (Å²) in [5, 5.41) is -0.248. The van der Waals surface area contributed by atoms with Crippen LogP contribution in [0.5, 0.6) is 0 Å². The molecule has 2 N–H and O–H groups in total. The average molecular weight is 314 g/mol. The lowest BCUT2D eigenvalue weighted by Crippen LogP contribution is -2.38. The van der Waals surface area contributed by atoms with Crippen LogP contribution in [0, 0.1) is 17.0 Å². The van der Waals surface area contributed by atoms with Crippen molar-refractivity contribution in [2.75, 3.05) is 7.11 Å². The molecule has 0 radical (unpaired) electrons. The number of hydrogen-bond acceptors (Lipinski definition) is 3. The number of hydrogen-bond donors (Lipinski definition) is 1. The second kappa shape index (κ2) is 6.50. The van der Waals surface area contributed by atoms with Crippen molar-refractivity contribution in [3.63, 3.8) is 0 Å². The SMILES string of the molecule is COC(=O)C(C)(C)[C@H](N)c1c(F)ccc(Cl)c1F.Cl. The Morgan fingerprint density at radius 3 is 2.42 bits per heavy atom. The van der Waals surface area contributed by atoms with Crippen molar-refractivity contribution in [2.24, 2.45) is 11.1 Å². The summed E-state index contributed by atoms with van der Waals surface area (Å²) in [4.78, 5) is 11.6. The molecule has 0 fully saturated rings. The van der Waals surface area contributed by atoms with Gasteiger partial charge in [0.2, 0.25) is 0 Å². The summed E-state index contributed by atoms with van der Waals surface area (Å²) in [5.74, 6) is -2.46. The molecule has 0 heterocycles. The molecular weight excluding hydrogens is 299 g/mol. The molecule has 3 nitrogen and oxygen atoms in total. The molecular formula is C12H15Cl2F2NO2. The Balaban J connectivity index is 0.00000324. The quantitative estimate of drug-likeness (QED) is 0.688. The van der Waals surface area contributed by atoms with Crippen LogP contribution in [0.1, 0.15) is 25.5 Å². The van der Waals surface area contributed by atoms with E-state index in [9.17, 15) is 13.6 Å². The van der Waals surface area contributed by atoms with Crippen LogP contribution in [0.15, 0.2) is 12.1 Å². The summed E-state index contributed by atoms with van der Waals surface area (Å²) in [6.45, 7) is 2.90. The second-order valence-corrected chi connectivity index (χ2v) is 4.86. The van der Waals surface area contributed by atoms with E-state index >= 15 is 0 Å². The molecule has 108 valence electrons. The van der Waals surface area contributed by atoms with Crippen molar-refractivity contribution < 1.29 is 18.3 Å². The first kappa shape index (κ1) is 18.1. The lowest BCUT2D eigenvalue weighted by atomic mass is 9.80. The lowest BCUT2D eigenvalue weighted by Gasteiger charge is -2.29. The third-order valence-corrected chi connectivity index (χ3v) is 3.17. The number of ether oxygens (including phenoxy) is 1. The monoisotopic (exact) mass is 313 g/mol. The minimum Gasteiger partial charge on any atom is -0.469 e. The van der Waals surface area contributed by atoms with Gasteiger partial charge in [0.15, 0.2) is 0 Å². The zero-order valence-electron chi connectivity index (χ0n) is 10.7. The first-order valence-electron chi connectivity index (χ1n) is 5.20. The third-order valence-electron chi connectivity index (χ3n) is 2.88. The Bertz CT molecular complexity index is 481. The summed E-state index contributed by atoms with van der Waals surface area (Å²) in [6.07, 6.45) is 0. The van der Waals surface area contributed by atoms with Crippen LogP contribution in [0.4, 0.5) is 8.78 Å². The molecule has 0 aromatic heterocycles. The van der Waals surface area contributed by atoms with Gasteiger partial charge in [0.25, 0.3) is 0 Å². The van der Waals surface area contributed by atoms with Crippen LogP contribution in [0.3, 0.4) is 0 Å². The molecule has 0 saturated carbocycles. The van der Waals surface area contributed by atoms with Crippen molar-refractivity contribution in [3.8, 4) is 0 Å². The van der Waals surface area contributed by atoms with Crippen molar-refractivity contribution in [2.45, 2.75) is 19.9 Å². The molecule has 7 heteroatoms. The van der Waals surface area contributed by atoms with E-state index in [4.69, 9.17) is 17.3 Å². The van der Waals surface area contributed by atoms with Crippen LogP contribution in [0.25, 0.3) is 0 Å². The molecule has 0 aliphatic rings. The highest BCUT2D eigenvalue weighted by Gasteiger charge is 2.39. The van der Waals surface area contributed by atoms with Gasteiger partial charge in [0, 0.05) is 5.56 Å². The number of benzene rings is 1. The summed E-state index contributed by atoms with van der Waals surface area (Å²) in [6, 6.07) is 0.894. The van der Waals surface area contributed by atoms with E-state index in [2.05, 4.69) is 4.74 Å². The topological polar surface area (TPSA) is 52.3 Å². The van der Waals surface area contributed by atoms with Crippen LogP contribution in [-0.2, 0) is 9.53 Å². The van der Waals surface area contributed by atoms with Gasteiger partial charge < -0.3 is 10.5 Å². The molecule has 1 aromatic carbocycles. The normalized spacial score (nSPS) is 12.6. The van der Waals surface area contributed by atoms with Crippen molar-refractivity contribution in [1.82, 2.24) is 0 Å². The fraction of sp³-hybridized carbons (Fsp3) is 0.417. The molecule has 1 atom stereocenters. The molecule has 1 aromatic rings. The minimum atomic E-state index is -1.28. The third kappa shape index (κ3) is 3.35. The van der Waals surface area contributed by atoms with E-state index in [1.807, 2.05) is 0 Å². The van der Waals surface area contributed by atoms with E-state index < -0.39 is 34.6 Å². The van der Waals surface area contributed by atoms with Gasteiger partial charge in [-0.3, -0.25) is 4.79 Å².